The topological polar surface area (TPSA) is 94.3 Å². The van der Waals surface area contributed by atoms with Crippen molar-refractivity contribution in [2.24, 2.45) is 5.92 Å². The molecular formula is C21H20ClFN6O2. The van der Waals surface area contributed by atoms with Crippen LogP contribution >= 0.6 is 11.6 Å². The van der Waals surface area contributed by atoms with Gasteiger partial charge in [-0.05, 0) is 12.1 Å². The zero-order valence-corrected chi connectivity index (χ0v) is 17.3. The fourth-order valence-electron chi connectivity index (χ4n) is 3.63. The Morgan fingerprint density at radius 1 is 1.35 bits per heavy atom. The third-order valence-electron chi connectivity index (χ3n) is 5.37. The molecule has 4 rings (SSSR count). The minimum atomic E-state index is -0.621. The summed E-state index contributed by atoms with van der Waals surface area (Å²) in [6, 6.07) is 6.39. The van der Waals surface area contributed by atoms with Gasteiger partial charge in [0.15, 0.2) is 0 Å². The molecule has 0 bridgehead atoms. The van der Waals surface area contributed by atoms with Gasteiger partial charge in [-0.15, -0.1) is 0 Å². The molecule has 0 atom stereocenters. The minimum Gasteiger partial charge on any atom is -0.330 e. The average Bonchev–Trinajstić information content (AvgIpc) is 3.15. The molecule has 2 aliphatic heterocycles. The van der Waals surface area contributed by atoms with E-state index in [2.05, 4.69) is 21.3 Å². The number of benzene rings is 1. The number of hydrogen-bond acceptors (Lipinski definition) is 5. The first kappa shape index (κ1) is 21.0. The van der Waals surface area contributed by atoms with Crippen molar-refractivity contribution in [3.8, 4) is 6.07 Å². The largest absolute Gasteiger partial charge is 0.330 e. The molecule has 1 saturated heterocycles. The molecule has 31 heavy (non-hydrogen) atoms. The van der Waals surface area contributed by atoms with E-state index in [1.807, 2.05) is 0 Å². The second-order valence-electron chi connectivity index (χ2n) is 7.47. The Hall–Kier alpha value is -3.22. The average molecular weight is 443 g/mol. The molecule has 0 spiro atoms. The number of fused-ring (bicyclic) bond motifs is 1. The third kappa shape index (κ3) is 4.45. The summed E-state index contributed by atoms with van der Waals surface area (Å²) in [7, 11) is 0. The van der Waals surface area contributed by atoms with Gasteiger partial charge in [0.2, 0.25) is 5.91 Å². The summed E-state index contributed by atoms with van der Waals surface area (Å²) >= 11 is 5.98. The van der Waals surface area contributed by atoms with E-state index in [9.17, 15) is 14.0 Å². The highest BCUT2D eigenvalue weighted by Crippen LogP contribution is 2.25. The number of nitrogens with one attached hydrogen (secondary N) is 1. The molecule has 10 heteroatoms. The Kier molecular flexibility index (Phi) is 6.02. The van der Waals surface area contributed by atoms with Gasteiger partial charge < -0.3 is 14.8 Å². The Morgan fingerprint density at radius 3 is 2.90 bits per heavy atom. The highest BCUT2D eigenvalue weighted by atomic mass is 35.5. The number of rotatable bonds is 5. The van der Waals surface area contributed by atoms with Crippen molar-refractivity contribution >= 4 is 29.1 Å². The summed E-state index contributed by atoms with van der Waals surface area (Å²) in [5, 5.41) is 11.4. The van der Waals surface area contributed by atoms with Gasteiger partial charge in [0, 0.05) is 38.8 Å². The summed E-state index contributed by atoms with van der Waals surface area (Å²) in [6.45, 7) is 3.21. The number of anilines is 1. The van der Waals surface area contributed by atoms with Crippen molar-refractivity contribution < 1.29 is 14.0 Å². The van der Waals surface area contributed by atoms with Crippen molar-refractivity contribution in [3.05, 3.63) is 58.9 Å². The van der Waals surface area contributed by atoms with Gasteiger partial charge in [-0.3, -0.25) is 14.5 Å². The van der Waals surface area contributed by atoms with Crippen molar-refractivity contribution in [1.29, 1.82) is 5.26 Å². The quantitative estimate of drug-likeness (QED) is 0.717. The number of nitrogens with zero attached hydrogens (tertiary/aromatic N) is 5. The molecule has 0 radical (unpaired) electrons. The molecular weight excluding hydrogens is 423 g/mol. The van der Waals surface area contributed by atoms with Crippen molar-refractivity contribution in [3.63, 3.8) is 0 Å². The molecule has 8 nitrogen and oxygen atoms in total. The Labute approximate surface area is 183 Å². The van der Waals surface area contributed by atoms with E-state index in [0.29, 0.717) is 25.5 Å². The van der Waals surface area contributed by atoms with Crippen molar-refractivity contribution in [2.75, 3.05) is 31.5 Å². The maximum Gasteiger partial charge on any atom is 0.274 e. The van der Waals surface area contributed by atoms with Crippen LogP contribution in [-0.4, -0.2) is 57.3 Å². The number of amides is 2. The Balaban J connectivity index is 1.36. The molecule has 2 aliphatic rings. The number of imidazole rings is 1. The second-order valence-corrected chi connectivity index (χ2v) is 7.88. The molecule has 2 amide bonds. The van der Waals surface area contributed by atoms with Gasteiger partial charge in [0.05, 0.1) is 35.4 Å². The molecule has 1 aromatic carbocycles. The van der Waals surface area contributed by atoms with E-state index in [-0.39, 0.29) is 34.8 Å². The lowest BCUT2D eigenvalue weighted by Gasteiger charge is -2.34. The molecule has 1 fully saturated rings. The van der Waals surface area contributed by atoms with Gasteiger partial charge in [-0.2, -0.15) is 5.26 Å². The molecule has 0 unspecified atom stereocenters. The van der Waals surface area contributed by atoms with Crippen LogP contribution in [0.1, 0.15) is 16.3 Å². The van der Waals surface area contributed by atoms with Gasteiger partial charge in [0.25, 0.3) is 5.91 Å². The summed E-state index contributed by atoms with van der Waals surface area (Å²) < 4.78 is 15.7. The first-order valence-corrected chi connectivity index (χ1v) is 10.2. The second kappa shape index (κ2) is 8.88. The van der Waals surface area contributed by atoms with Crippen LogP contribution in [0.15, 0.2) is 36.5 Å². The maximum atomic E-state index is 14.0. The molecule has 1 N–H and O–H groups in total. The Morgan fingerprint density at radius 2 is 2.16 bits per heavy atom. The van der Waals surface area contributed by atoms with Gasteiger partial charge in [0.1, 0.15) is 17.3 Å². The van der Waals surface area contributed by atoms with E-state index in [1.165, 1.54) is 30.5 Å². The van der Waals surface area contributed by atoms with Crippen molar-refractivity contribution in [1.82, 2.24) is 19.4 Å². The summed E-state index contributed by atoms with van der Waals surface area (Å²) in [6.07, 6.45) is 4.75. The minimum absolute atomic E-state index is 0.0780. The normalized spacial score (nSPS) is 16.6. The van der Waals surface area contributed by atoms with E-state index in [0.717, 1.165) is 13.1 Å². The lowest BCUT2D eigenvalue weighted by molar-refractivity contribution is -0.127. The van der Waals surface area contributed by atoms with Gasteiger partial charge in [-0.25, -0.2) is 9.37 Å². The van der Waals surface area contributed by atoms with Gasteiger partial charge in [-0.1, -0.05) is 23.7 Å². The van der Waals surface area contributed by atoms with Crippen LogP contribution in [0.5, 0.6) is 0 Å². The van der Waals surface area contributed by atoms with Crippen LogP contribution in [0, 0.1) is 23.1 Å². The predicted molar refractivity (Wildman–Crippen MR) is 112 cm³/mol. The number of aromatic nitrogens is 2. The number of hydrogen-bond donors (Lipinski definition) is 1. The number of likely N-dealkylation sites (tertiary alicyclic amines) is 1. The summed E-state index contributed by atoms with van der Waals surface area (Å²) in [4.78, 5) is 33.1. The smallest absolute Gasteiger partial charge is 0.274 e. The lowest BCUT2D eigenvalue weighted by atomic mass is 10.0. The predicted octanol–water partition coefficient (Wildman–Crippen LogP) is 2.28. The molecule has 2 aromatic rings. The zero-order chi connectivity index (χ0) is 22.0. The van der Waals surface area contributed by atoms with E-state index >= 15 is 0 Å². The third-order valence-corrected chi connectivity index (χ3v) is 5.69. The number of halogens is 2. The molecule has 0 aliphatic carbocycles. The number of carbonyl (C=O) groups excluding carboxylic acids is 2. The van der Waals surface area contributed by atoms with E-state index in [4.69, 9.17) is 16.9 Å². The lowest BCUT2D eigenvalue weighted by Crippen LogP contribution is -2.45. The fourth-order valence-corrected chi connectivity index (χ4v) is 3.84. The first-order valence-electron chi connectivity index (χ1n) is 9.83. The van der Waals surface area contributed by atoms with Crippen LogP contribution in [0.3, 0.4) is 0 Å². The fraction of sp³-hybridized carbons (Fsp3) is 0.333. The molecule has 3 heterocycles. The van der Waals surface area contributed by atoms with Gasteiger partial charge >= 0.3 is 0 Å². The highest BCUT2D eigenvalue weighted by molar-refractivity contribution is 6.33. The van der Waals surface area contributed by atoms with Crippen molar-refractivity contribution in [2.45, 2.75) is 13.1 Å². The van der Waals surface area contributed by atoms with E-state index < -0.39 is 11.7 Å². The summed E-state index contributed by atoms with van der Waals surface area (Å²) in [5.41, 5.74) is 0.201. The van der Waals surface area contributed by atoms with Crippen LogP contribution in [0.25, 0.3) is 0 Å². The van der Waals surface area contributed by atoms with E-state index in [1.54, 1.807) is 15.5 Å². The van der Waals surface area contributed by atoms with Crippen LogP contribution in [0.2, 0.25) is 5.02 Å². The number of nitriles is 1. The summed E-state index contributed by atoms with van der Waals surface area (Å²) in [5.74, 6) is -0.598. The zero-order valence-electron chi connectivity index (χ0n) is 16.6. The molecule has 1 aromatic heterocycles. The monoisotopic (exact) mass is 442 g/mol. The highest BCUT2D eigenvalue weighted by Gasteiger charge is 2.27. The van der Waals surface area contributed by atoms with Crippen LogP contribution in [-0.2, 0) is 17.9 Å². The Bertz CT molecular complexity index is 1070. The molecule has 160 valence electrons. The first-order chi connectivity index (χ1) is 15.0. The van der Waals surface area contributed by atoms with Crippen LogP contribution in [0.4, 0.5) is 10.1 Å². The standard InChI is InChI=1S/C21H20ClFN6O2/c22-15-3-1-4-16(23)20(15)26-21(31)17-10-25-18-13-28(7-8-29(17)18)19(30)5-2-6-27-11-14(9-24)12-27/h1-5,10,14H,6-8,11-13H2,(H,26,31)/b5-2+. The number of para-hydroxylation sites is 1. The number of carbonyl (C=O) groups is 2. The maximum absolute atomic E-state index is 14.0. The SMILES string of the molecule is N#CC1CN(C/C=C/C(=O)N2CCn3c(C(=O)Nc4c(F)cccc4Cl)cnc3C2)C1. The van der Waals surface area contributed by atoms with Crippen LogP contribution < -0.4 is 5.32 Å². The molecule has 0 saturated carbocycles.